The molecule has 1 amide bonds. The summed E-state index contributed by atoms with van der Waals surface area (Å²) in [4.78, 5) is 24.8. The number of carbonyl (C=O) groups is 2. The number of ether oxygens (including phenoxy) is 3. The maximum absolute atomic E-state index is 12.4. The molecule has 0 aliphatic carbocycles. The average Bonchev–Trinajstić information content (AvgIpc) is 2.76. The monoisotopic (exact) mass is 413 g/mol. The van der Waals surface area contributed by atoms with Crippen LogP contribution in [-0.4, -0.2) is 31.7 Å². The molecule has 0 unspecified atom stereocenters. The van der Waals surface area contributed by atoms with Crippen molar-refractivity contribution in [2.45, 2.75) is 47.0 Å². The average molecular weight is 414 g/mol. The van der Waals surface area contributed by atoms with E-state index >= 15 is 0 Å². The molecule has 0 saturated heterocycles. The molecule has 0 atom stereocenters. The zero-order chi connectivity index (χ0) is 21.9. The first-order chi connectivity index (χ1) is 14.5. The molecular formula is C24H31NO5. The minimum Gasteiger partial charge on any atom is -0.490 e. The molecule has 0 spiro atoms. The Kier molecular flexibility index (Phi) is 9.19. The molecule has 2 rings (SSSR count). The molecule has 2 aromatic carbocycles. The van der Waals surface area contributed by atoms with Crippen molar-refractivity contribution in [1.29, 1.82) is 0 Å². The second-order valence-corrected chi connectivity index (χ2v) is 6.73. The minimum atomic E-state index is -0.590. The second kappa shape index (κ2) is 11.9. The lowest BCUT2D eigenvalue weighted by Gasteiger charge is -2.15. The van der Waals surface area contributed by atoms with Gasteiger partial charge in [0.1, 0.15) is 0 Å². The van der Waals surface area contributed by atoms with Crippen molar-refractivity contribution in [3.63, 3.8) is 0 Å². The molecule has 0 heterocycles. The van der Waals surface area contributed by atoms with Crippen molar-refractivity contribution in [2.75, 3.05) is 25.1 Å². The Morgan fingerprint density at radius 1 is 0.900 bits per heavy atom. The van der Waals surface area contributed by atoms with Gasteiger partial charge < -0.3 is 19.5 Å². The van der Waals surface area contributed by atoms with E-state index in [0.717, 1.165) is 36.1 Å². The van der Waals surface area contributed by atoms with Gasteiger partial charge >= 0.3 is 5.97 Å². The number of carbonyl (C=O) groups excluding carboxylic acids is 2. The van der Waals surface area contributed by atoms with Crippen molar-refractivity contribution in [1.82, 2.24) is 0 Å². The summed E-state index contributed by atoms with van der Waals surface area (Å²) in [5, 5.41) is 2.89. The summed E-state index contributed by atoms with van der Waals surface area (Å²) in [5.74, 6) is 0.102. The largest absolute Gasteiger partial charge is 0.490 e. The van der Waals surface area contributed by atoms with Crippen molar-refractivity contribution in [2.24, 2.45) is 0 Å². The van der Waals surface area contributed by atoms with Crippen molar-refractivity contribution in [3.05, 3.63) is 53.1 Å². The van der Waals surface area contributed by atoms with E-state index in [1.165, 1.54) is 0 Å². The van der Waals surface area contributed by atoms with Gasteiger partial charge in [-0.2, -0.15) is 0 Å². The van der Waals surface area contributed by atoms with Crippen LogP contribution >= 0.6 is 0 Å². The lowest BCUT2D eigenvalue weighted by atomic mass is 10.0. The van der Waals surface area contributed by atoms with Crippen LogP contribution in [0.4, 0.5) is 5.69 Å². The van der Waals surface area contributed by atoms with E-state index < -0.39 is 5.97 Å². The summed E-state index contributed by atoms with van der Waals surface area (Å²) in [6.45, 7) is 8.58. The summed E-state index contributed by atoms with van der Waals surface area (Å²) >= 11 is 0. The Morgan fingerprint density at radius 3 is 2.20 bits per heavy atom. The highest BCUT2D eigenvalue weighted by atomic mass is 16.5. The number of nitrogens with one attached hydrogen (secondary N) is 1. The van der Waals surface area contributed by atoms with E-state index in [2.05, 4.69) is 5.32 Å². The molecular weight excluding hydrogens is 382 g/mol. The number of hydrogen-bond acceptors (Lipinski definition) is 5. The normalized spacial score (nSPS) is 10.4. The van der Waals surface area contributed by atoms with E-state index in [1.54, 1.807) is 18.2 Å². The molecule has 1 N–H and O–H groups in total. The lowest BCUT2D eigenvalue weighted by molar-refractivity contribution is -0.119. The fraction of sp³-hybridized carbons (Fsp3) is 0.417. The SMILES string of the molecule is CCCOc1ccc(C(=O)OCC(=O)Nc2c(CC)cccc2CC)cc1OCC. The van der Waals surface area contributed by atoms with Crippen LogP contribution in [0.15, 0.2) is 36.4 Å². The van der Waals surface area contributed by atoms with Crippen molar-refractivity contribution >= 4 is 17.6 Å². The van der Waals surface area contributed by atoms with Crippen LogP contribution in [0.5, 0.6) is 11.5 Å². The van der Waals surface area contributed by atoms with Gasteiger partial charge in [0, 0.05) is 5.69 Å². The van der Waals surface area contributed by atoms with Gasteiger partial charge in [0.15, 0.2) is 18.1 Å². The molecule has 0 bridgehead atoms. The Bertz CT molecular complexity index is 840. The van der Waals surface area contributed by atoms with E-state index in [0.29, 0.717) is 30.3 Å². The molecule has 162 valence electrons. The Balaban J connectivity index is 2.03. The second-order valence-electron chi connectivity index (χ2n) is 6.73. The first-order valence-electron chi connectivity index (χ1n) is 10.5. The molecule has 0 radical (unpaired) electrons. The van der Waals surface area contributed by atoms with Gasteiger partial charge in [0.05, 0.1) is 18.8 Å². The molecule has 6 nitrogen and oxygen atoms in total. The lowest BCUT2D eigenvalue weighted by Crippen LogP contribution is -2.22. The Hall–Kier alpha value is -3.02. The summed E-state index contributed by atoms with van der Waals surface area (Å²) < 4.78 is 16.4. The summed E-state index contributed by atoms with van der Waals surface area (Å²) in [5.41, 5.74) is 3.22. The van der Waals surface area contributed by atoms with E-state index in [-0.39, 0.29) is 12.5 Å². The fourth-order valence-electron chi connectivity index (χ4n) is 3.03. The minimum absolute atomic E-state index is 0.304. The van der Waals surface area contributed by atoms with Crippen LogP contribution in [0, 0.1) is 0 Å². The first-order valence-corrected chi connectivity index (χ1v) is 10.5. The van der Waals surface area contributed by atoms with Gasteiger partial charge in [-0.3, -0.25) is 4.79 Å². The standard InChI is InChI=1S/C24H31NO5/c1-5-14-29-20-13-12-19(15-21(20)28-8-4)24(27)30-16-22(26)25-23-17(6-2)10-9-11-18(23)7-3/h9-13,15H,5-8,14,16H2,1-4H3,(H,25,26). The number of rotatable bonds is 11. The number of esters is 1. The van der Waals surface area contributed by atoms with Gasteiger partial charge in [-0.05, 0) is 55.5 Å². The zero-order valence-electron chi connectivity index (χ0n) is 18.2. The third kappa shape index (κ3) is 6.24. The quantitative estimate of drug-likeness (QED) is 0.536. The maximum Gasteiger partial charge on any atom is 0.338 e. The van der Waals surface area contributed by atoms with Crippen LogP contribution in [-0.2, 0) is 22.4 Å². The number of para-hydroxylation sites is 1. The highest BCUT2D eigenvalue weighted by Gasteiger charge is 2.16. The van der Waals surface area contributed by atoms with E-state index in [4.69, 9.17) is 14.2 Å². The smallest absolute Gasteiger partial charge is 0.338 e. The van der Waals surface area contributed by atoms with Crippen LogP contribution in [0.1, 0.15) is 55.6 Å². The highest BCUT2D eigenvalue weighted by molar-refractivity contribution is 5.96. The fourth-order valence-corrected chi connectivity index (χ4v) is 3.03. The van der Waals surface area contributed by atoms with E-state index in [9.17, 15) is 9.59 Å². The summed E-state index contributed by atoms with van der Waals surface area (Å²) in [7, 11) is 0. The number of benzene rings is 2. The van der Waals surface area contributed by atoms with Gasteiger partial charge in [0.25, 0.3) is 5.91 Å². The van der Waals surface area contributed by atoms with Crippen LogP contribution in [0.3, 0.4) is 0 Å². The molecule has 2 aromatic rings. The predicted molar refractivity (Wildman–Crippen MR) is 118 cm³/mol. The van der Waals surface area contributed by atoms with Crippen LogP contribution in [0.2, 0.25) is 0 Å². The highest BCUT2D eigenvalue weighted by Crippen LogP contribution is 2.29. The molecule has 0 aliphatic rings. The molecule has 0 saturated carbocycles. The number of amides is 1. The van der Waals surface area contributed by atoms with Gasteiger partial charge in [-0.25, -0.2) is 4.79 Å². The zero-order valence-corrected chi connectivity index (χ0v) is 18.2. The van der Waals surface area contributed by atoms with Gasteiger partial charge in [-0.1, -0.05) is 39.0 Å². The third-order valence-electron chi connectivity index (χ3n) is 4.54. The third-order valence-corrected chi connectivity index (χ3v) is 4.54. The summed E-state index contributed by atoms with van der Waals surface area (Å²) in [6, 6.07) is 10.8. The van der Waals surface area contributed by atoms with Gasteiger partial charge in [0.2, 0.25) is 0 Å². The number of aryl methyl sites for hydroxylation is 2. The first kappa shape index (κ1) is 23.3. The molecule has 6 heteroatoms. The number of hydrogen-bond donors (Lipinski definition) is 1. The van der Waals surface area contributed by atoms with Crippen LogP contribution in [0.25, 0.3) is 0 Å². The van der Waals surface area contributed by atoms with Crippen molar-refractivity contribution < 1.29 is 23.8 Å². The van der Waals surface area contributed by atoms with E-state index in [1.807, 2.05) is 45.9 Å². The Labute approximate surface area is 178 Å². The van der Waals surface area contributed by atoms with Crippen LogP contribution < -0.4 is 14.8 Å². The number of anilines is 1. The van der Waals surface area contributed by atoms with Crippen molar-refractivity contribution in [3.8, 4) is 11.5 Å². The topological polar surface area (TPSA) is 73.9 Å². The molecule has 30 heavy (non-hydrogen) atoms. The molecule has 0 fully saturated rings. The molecule has 0 aromatic heterocycles. The Morgan fingerprint density at radius 2 is 1.60 bits per heavy atom. The predicted octanol–water partition coefficient (Wildman–Crippen LogP) is 4.79. The van der Waals surface area contributed by atoms with Gasteiger partial charge in [-0.15, -0.1) is 0 Å². The maximum atomic E-state index is 12.4. The summed E-state index contributed by atoms with van der Waals surface area (Å²) in [6.07, 6.45) is 2.47. The molecule has 0 aliphatic heterocycles.